The van der Waals surface area contributed by atoms with E-state index in [-0.39, 0.29) is 12.0 Å². The van der Waals surface area contributed by atoms with E-state index in [1.54, 1.807) is 17.4 Å². The molecule has 1 aromatic heterocycles. The van der Waals surface area contributed by atoms with Crippen molar-refractivity contribution in [1.82, 2.24) is 9.88 Å². The summed E-state index contributed by atoms with van der Waals surface area (Å²) in [4.78, 5) is 20.2. The third-order valence-electron chi connectivity index (χ3n) is 3.06. The first-order valence-corrected chi connectivity index (χ1v) is 6.73. The van der Waals surface area contributed by atoms with Crippen molar-refractivity contribution < 1.29 is 9.53 Å². The van der Waals surface area contributed by atoms with Gasteiger partial charge < -0.3 is 9.64 Å². The van der Waals surface area contributed by atoms with Crippen LogP contribution in [0.2, 0.25) is 0 Å². The van der Waals surface area contributed by atoms with Gasteiger partial charge in [0, 0.05) is 37.8 Å². The second kappa shape index (κ2) is 5.97. The smallest absolute Gasteiger partial charge is 0.327 e. The number of hydrogen-bond donors (Lipinski definition) is 0. The number of nitrogens with zero attached hydrogens (tertiary/aromatic N) is 3. The number of methoxy groups -OCH3 is 1. The first-order chi connectivity index (χ1) is 8.76. The predicted octanol–water partition coefficient (Wildman–Crippen LogP) is 0.993. The zero-order valence-electron chi connectivity index (χ0n) is 10.4. The lowest BCUT2D eigenvalue weighted by Gasteiger charge is -2.36. The minimum absolute atomic E-state index is 0.243. The van der Waals surface area contributed by atoms with Crippen molar-refractivity contribution >= 4 is 22.4 Å². The van der Waals surface area contributed by atoms with Crippen LogP contribution in [0.3, 0.4) is 0 Å². The molecule has 0 aliphatic carbocycles. The molecule has 2 heterocycles. The SMILES string of the molecule is C=CC(C(=O)OC)N1CCN(c2nccs2)CC1. The monoisotopic (exact) mass is 267 g/mol. The molecule has 1 aliphatic rings. The fourth-order valence-corrected chi connectivity index (χ4v) is 2.78. The van der Waals surface area contributed by atoms with Gasteiger partial charge in [0.25, 0.3) is 0 Å². The number of esters is 1. The zero-order chi connectivity index (χ0) is 13.0. The van der Waals surface area contributed by atoms with Gasteiger partial charge in [-0.05, 0) is 0 Å². The number of rotatable bonds is 4. The predicted molar refractivity (Wildman–Crippen MR) is 71.9 cm³/mol. The Balaban J connectivity index is 1.93. The van der Waals surface area contributed by atoms with Gasteiger partial charge in [-0.3, -0.25) is 9.69 Å². The van der Waals surface area contributed by atoms with Crippen molar-refractivity contribution in [2.75, 3.05) is 38.2 Å². The fraction of sp³-hybridized carbons (Fsp3) is 0.500. The molecule has 1 aromatic rings. The van der Waals surface area contributed by atoms with E-state index in [1.165, 1.54) is 7.11 Å². The highest BCUT2D eigenvalue weighted by Crippen LogP contribution is 2.19. The van der Waals surface area contributed by atoms with E-state index in [1.807, 2.05) is 11.6 Å². The van der Waals surface area contributed by atoms with Gasteiger partial charge in [0.2, 0.25) is 0 Å². The van der Waals surface area contributed by atoms with E-state index in [0.717, 1.165) is 31.3 Å². The van der Waals surface area contributed by atoms with Crippen LogP contribution in [0.25, 0.3) is 0 Å². The van der Waals surface area contributed by atoms with Crippen LogP contribution in [0.5, 0.6) is 0 Å². The van der Waals surface area contributed by atoms with Crippen LogP contribution in [0.15, 0.2) is 24.2 Å². The van der Waals surface area contributed by atoms with Crippen LogP contribution < -0.4 is 4.90 Å². The Hall–Kier alpha value is -1.40. The summed E-state index contributed by atoms with van der Waals surface area (Å²) in [6.45, 7) is 7.07. The Morgan fingerprint density at radius 3 is 2.78 bits per heavy atom. The van der Waals surface area contributed by atoms with Gasteiger partial charge in [-0.25, -0.2) is 4.98 Å². The molecule has 0 bridgehead atoms. The van der Waals surface area contributed by atoms with Crippen molar-refractivity contribution in [3.8, 4) is 0 Å². The standard InChI is InChI=1S/C12H17N3O2S/c1-3-10(11(16)17-2)14-5-7-15(8-6-14)12-13-4-9-18-12/h3-4,9-10H,1,5-8H2,2H3. The Morgan fingerprint density at radius 1 is 1.56 bits per heavy atom. The molecule has 5 nitrogen and oxygen atoms in total. The lowest BCUT2D eigenvalue weighted by Crippen LogP contribution is -2.52. The van der Waals surface area contributed by atoms with Gasteiger partial charge in [0.15, 0.2) is 5.13 Å². The minimum atomic E-state index is -0.339. The molecule has 0 amide bonds. The van der Waals surface area contributed by atoms with E-state index < -0.39 is 0 Å². The van der Waals surface area contributed by atoms with E-state index in [2.05, 4.69) is 21.4 Å². The third-order valence-corrected chi connectivity index (χ3v) is 3.90. The average molecular weight is 267 g/mol. The van der Waals surface area contributed by atoms with E-state index in [0.29, 0.717) is 0 Å². The number of piperazine rings is 1. The Labute approximate surface area is 111 Å². The lowest BCUT2D eigenvalue weighted by molar-refractivity contribution is -0.145. The normalized spacial score (nSPS) is 18.4. The van der Waals surface area contributed by atoms with Gasteiger partial charge in [-0.1, -0.05) is 6.08 Å². The summed E-state index contributed by atoms with van der Waals surface area (Å²) in [6.07, 6.45) is 3.46. The number of aromatic nitrogens is 1. The number of thiazole rings is 1. The zero-order valence-corrected chi connectivity index (χ0v) is 11.2. The largest absolute Gasteiger partial charge is 0.468 e. The highest BCUT2D eigenvalue weighted by atomic mass is 32.1. The molecule has 2 rings (SSSR count). The Kier molecular flexibility index (Phi) is 4.33. The molecule has 98 valence electrons. The quantitative estimate of drug-likeness (QED) is 0.601. The molecular weight excluding hydrogens is 250 g/mol. The summed E-state index contributed by atoms with van der Waals surface area (Å²) in [5.74, 6) is -0.243. The summed E-state index contributed by atoms with van der Waals surface area (Å²) in [7, 11) is 1.41. The number of anilines is 1. The summed E-state index contributed by atoms with van der Waals surface area (Å²) < 4.78 is 4.78. The highest BCUT2D eigenvalue weighted by molar-refractivity contribution is 7.13. The van der Waals surface area contributed by atoms with Crippen LogP contribution in [0, 0.1) is 0 Å². The molecule has 0 N–H and O–H groups in total. The van der Waals surface area contributed by atoms with Crippen molar-refractivity contribution in [3.05, 3.63) is 24.2 Å². The average Bonchev–Trinajstić information content (AvgIpc) is 2.94. The van der Waals surface area contributed by atoms with Crippen LogP contribution in [0.4, 0.5) is 5.13 Å². The van der Waals surface area contributed by atoms with Gasteiger partial charge in [-0.2, -0.15) is 0 Å². The Morgan fingerprint density at radius 2 is 2.28 bits per heavy atom. The molecule has 0 spiro atoms. The van der Waals surface area contributed by atoms with E-state index >= 15 is 0 Å². The van der Waals surface area contributed by atoms with Crippen molar-refractivity contribution in [3.63, 3.8) is 0 Å². The Bertz CT molecular complexity index is 399. The molecule has 1 saturated heterocycles. The summed E-state index contributed by atoms with van der Waals surface area (Å²) in [5.41, 5.74) is 0. The number of hydrogen-bond acceptors (Lipinski definition) is 6. The van der Waals surface area contributed by atoms with Crippen molar-refractivity contribution in [2.24, 2.45) is 0 Å². The second-order valence-electron chi connectivity index (χ2n) is 4.04. The first kappa shape index (κ1) is 13.0. The molecule has 1 fully saturated rings. The molecule has 1 atom stereocenters. The minimum Gasteiger partial charge on any atom is -0.468 e. The van der Waals surface area contributed by atoms with E-state index in [4.69, 9.17) is 4.74 Å². The number of carbonyl (C=O) groups excluding carboxylic acids is 1. The van der Waals surface area contributed by atoms with Crippen molar-refractivity contribution in [2.45, 2.75) is 6.04 Å². The number of carbonyl (C=O) groups is 1. The highest BCUT2D eigenvalue weighted by Gasteiger charge is 2.27. The van der Waals surface area contributed by atoms with Crippen molar-refractivity contribution in [1.29, 1.82) is 0 Å². The summed E-state index contributed by atoms with van der Waals surface area (Å²) >= 11 is 1.64. The lowest BCUT2D eigenvalue weighted by atomic mass is 10.2. The maximum atomic E-state index is 11.6. The van der Waals surface area contributed by atoms with Gasteiger partial charge in [0.05, 0.1) is 7.11 Å². The van der Waals surface area contributed by atoms with Crippen LogP contribution in [-0.4, -0.2) is 55.2 Å². The maximum absolute atomic E-state index is 11.6. The van der Waals surface area contributed by atoms with Gasteiger partial charge in [-0.15, -0.1) is 17.9 Å². The molecule has 6 heteroatoms. The molecule has 0 radical (unpaired) electrons. The first-order valence-electron chi connectivity index (χ1n) is 5.85. The molecule has 0 saturated carbocycles. The van der Waals surface area contributed by atoms with Crippen LogP contribution in [0.1, 0.15) is 0 Å². The molecule has 0 aromatic carbocycles. The van der Waals surface area contributed by atoms with E-state index in [9.17, 15) is 4.79 Å². The summed E-state index contributed by atoms with van der Waals surface area (Å²) in [6, 6.07) is -0.339. The third kappa shape index (κ3) is 2.70. The van der Waals surface area contributed by atoms with Crippen LogP contribution in [-0.2, 0) is 9.53 Å². The molecule has 1 unspecified atom stereocenters. The number of ether oxygens (including phenoxy) is 1. The summed E-state index contributed by atoms with van der Waals surface area (Å²) in [5, 5.41) is 3.02. The molecule has 18 heavy (non-hydrogen) atoms. The second-order valence-corrected chi connectivity index (χ2v) is 4.91. The molecular formula is C12H17N3O2S. The topological polar surface area (TPSA) is 45.7 Å². The van der Waals surface area contributed by atoms with Crippen LogP contribution >= 0.6 is 11.3 Å². The fourth-order valence-electron chi connectivity index (χ4n) is 2.08. The molecule has 1 aliphatic heterocycles. The maximum Gasteiger partial charge on any atom is 0.327 e. The van der Waals surface area contributed by atoms with Gasteiger partial charge in [0.1, 0.15) is 6.04 Å². The van der Waals surface area contributed by atoms with Gasteiger partial charge >= 0.3 is 5.97 Å².